The molecule has 1 aromatic rings. The zero-order valence-electron chi connectivity index (χ0n) is 21.8. The number of methoxy groups -OCH3 is 1. The Kier molecular flexibility index (Phi) is 8.27. The number of esters is 2. The van der Waals surface area contributed by atoms with Crippen LogP contribution in [0.4, 0.5) is 11.4 Å². The number of hydrogen-bond acceptors (Lipinski definition) is 10. The molecule has 3 heterocycles. The van der Waals surface area contributed by atoms with Crippen LogP contribution in [-0.2, 0) is 19.1 Å². The van der Waals surface area contributed by atoms with E-state index in [4.69, 9.17) is 14.5 Å². The second kappa shape index (κ2) is 11.2. The Morgan fingerprint density at radius 1 is 1.22 bits per heavy atom. The van der Waals surface area contributed by atoms with E-state index < -0.39 is 17.6 Å². The zero-order chi connectivity index (χ0) is 25.9. The number of nitrogens with zero attached hydrogens (tertiary/aromatic N) is 3. The van der Waals surface area contributed by atoms with Gasteiger partial charge in [-0.15, -0.1) is 11.8 Å². The number of carbonyl (C=O) groups excluding carboxylic acids is 2. The van der Waals surface area contributed by atoms with Crippen LogP contribution < -0.4 is 10.6 Å². The second-order valence-corrected chi connectivity index (χ2v) is 11.8. The molecule has 0 spiro atoms. The Labute approximate surface area is 217 Å². The monoisotopic (exact) mass is 515 g/mol. The molecule has 3 aliphatic heterocycles. The number of ether oxygens (including phenoxy) is 2. The molecule has 0 bridgehead atoms. The molecular weight excluding hydrogens is 478 g/mol. The molecule has 10 heteroatoms. The van der Waals surface area contributed by atoms with Gasteiger partial charge in [-0.25, -0.2) is 4.99 Å². The topological polar surface area (TPSA) is 95.5 Å². The Balaban J connectivity index is 1.40. The number of anilines is 1. The third-order valence-electron chi connectivity index (χ3n) is 6.24. The highest BCUT2D eigenvalue weighted by atomic mass is 32.2. The number of benzene rings is 1. The number of amidine groups is 1. The predicted molar refractivity (Wildman–Crippen MR) is 144 cm³/mol. The molecule has 3 aliphatic rings. The maximum Gasteiger partial charge on any atom is 0.324 e. The van der Waals surface area contributed by atoms with Gasteiger partial charge < -0.3 is 19.7 Å². The van der Waals surface area contributed by atoms with Gasteiger partial charge in [-0.3, -0.25) is 19.8 Å². The maximum absolute atomic E-state index is 12.4. The molecule has 196 valence electrons. The van der Waals surface area contributed by atoms with Crippen molar-refractivity contribution in [1.29, 1.82) is 0 Å². The molecule has 0 aliphatic carbocycles. The van der Waals surface area contributed by atoms with Gasteiger partial charge in [0.25, 0.3) is 0 Å². The lowest BCUT2D eigenvalue weighted by Crippen LogP contribution is -2.54. The van der Waals surface area contributed by atoms with Crippen molar-refractivity contribution in [2.24, 2.45) is 4.99 Å². The highest BCUT2D eigenvalue weighted by molar-refractivity contribution is 8.04. The summed E-state index contributed by atoms with van der Waals surface area (Å²) in [7, 11) is 1.37. The van der Waals surface area contributed by atoms with Crippen molar-refractivity contribution in [3.8, 4) is 0 Å². The molecule has 1 fully saturated rings. The minimum atomic E-state index is -0.609. The first-order chi connectivity index (χ1) is 17.1. The first kappa shape index (κ1) is 26.5. The van der Waals surface area contributed by atoms with E-state index >= 15 is 0 Å². The molecule has 2 atom stereocenters. The number of para-hydroxylation sites is 2. The van der Waals surface area contributed by atoms with Crippen LogP contribution in [0.3, 0.4) is 0 Å². The lowest BCUT2D eigenvalue weighted by atomic mass is 10.1. The SMILES string of the molecule is COC(=O)C(CN1CCN(C2=Nc3ccccc3NC3=C2CC(C)S3)CC1)NCC(=O)OC(C)(C)C. The molecule has 36 heavy (non-hydrogen) atoms. The minimum Gasteiger partial charge on any atom is -0.468 e. The lowest BCUT2D eigenvalue weighted by Gasteiger charge is -2.38. The van der Waals surface area contributed by atoms with E-state index in [1.807, 2.05) is 50.7 Å². The molecule has 4 rings (SSSR count). The van der Waals surface area contributed by atoms with Crippen LogP contribution in [0.2, 0.25) is 0 Å². The van der Waals surface area contributed by atoms with Crippen LogP contribution in [-0.4, -0.2) is 90.8 Å². The fourth-order valence-electron chi connectivity index (χ4n) is 4.58. The van der Waals surface area contributed by atoms with Crippen molar-refractivity contribution < 1.29 is 19.1 Å². The average Bonchev–Trinajstić information content (AvgIpc) is 3.12. The number of fused-ring (bicyclic) bond motifs is 1. The van der Waals surface area contributed by atoms with E-state index in [9.17, 15) is 9.59 Å². The van der Waals surface area contributed by atoms with Gasteiger partial charge in [0.05, 0.1) is 30.1 Å². The summed E-state index contributed by atoms with van der Waals surface area (Å²) < 4.78 is 10.3. The summed E-state index contributed by atoms with van der Waals surface area (Å²) in [6, 6.07) is 7.56. The van der Waals surface area contributed by atoms with Gasteiger partial charge in [0, 0.05) is 43.5 Å². The van der Waals surface area contributed by atoms with Crippen LogP contribution in [0.1, 0.15) is 34.1 Å². The van der Waals surface area contributed by atoms with E-state index in [2.05, 4.69) is 33.4 Å². The molecule has 0 radical (unpaired) electrons. The Hall–Kier alpha value is -2.56. The minimum absolute atomic E-state index is 0.0486. The van der Waals surface area contributed by atoms with Crippen molar-refractivity contribution in [3.05, 3.63) is 34.9 Å². The summed E-state index contributed by atoms with van der Waals surface area (Å²) >= 11 is 1.87. The van der Waals surface area contributed by atoms with Gasteiger partial charge >= 0.3 is 11.9 Å². The molecule has 1 aromatic carbocycles. The number of hydrogen-bond donors (Lipinski definition) is 2. The largest absolute Gasteiger partial charge is 0.468 e. The first-order valence-corrected chi connectivity index (χ1v) is 13.4. The number of rotatable bonds is 6. The van der Waals surface area contributed by atoms with Crippen LogP contribution in [0, 0.1) is 0 Å². The summed E-state index contributed by atoms with van der Waals surface area (Å²) in [5, 5.41) is 8.34. The van der Waals surface area contributed by atoms with Crippen molar-refractivity contribution in [2.75, 3.05) is 51.7 Å². The summed E-state index contributed by atoms with van der Waals surface area (Å²) in [6.45, 7) is 11.3. The van der Waals surface area contributed by atoms with Crippen LogP contribution in [0.5, 0.6) is 0 Å². The maximum atomic E-state index is 12.4. The predicted octanol–water partition coefficient (Wildman–Crippen LogP) is 2.97. The molecule has 1 saturated heterocycles. The Morgan fingerprint density at radius 3 is 2.64 bits per heavy atom. The van der Waals surface area contributed by atoms with Crippen LogP contribution >= 0.6 is 11.8 Å². The Morgan fingerprint density at radius 2 is 1.94 bits per heavy atom. The average molecular weight is 516 g/mol. The quantitative estimate of drug-likeness (QED) is 0.555. The third-order valence-corrected chi connectivity index (χ3v) is 7.40. The van der Waals surface area contributed by atoms with Gasteiger partial charge in [0.2, 0.25) is 0 Å². The fraction of sp³-hybridized carbons (Fsp3) is 0.577. The number of aliphatic imine (C=N–C) groups is 1. The number of carbonyl (C=O) groups is 2. The highest BCUT2D eigenvalue weighted by Gasteiger charge is 2.33. The van der Waals surface area contributed by atoms with Crippen LogP contribution in [0.25, 0.3) is 0 Å². The van der Waals surface area contributed by atoms with Crippen molar-refractivity contribution in [2.45, 2.75) is 51.0 Å². The normalized spacial score (nSPS) is 21.1. The summed E-state index contributed by atoms with van der Waals surface area (Å²) in [6.07, 6.45) is 0.985. The smallest absolute Gasteiger partial charge is 0.324 e. The second-order valence-electron chi connectivity index (χ2n) is 10.3. The van der Waals surface area contributed by atoms with Gasteiger partial charge in [0.1, 0.15) is 17.5 Å². The Bertz CT molecular complexity index is 1040. The van der Waals surface area contributed by atoms with Crippen molar-refractivity contribution in [1.82, 2.24) is 15.1 Å². The molecule has 0 amide bonds. The van der Waals surface area contributed by atoms with E-state index in [1.165, 1.54) is 17.7 Å². The molecule has 9 nitrogen and oxygen atoms in total. The number of piperazine rings is 1. The van der Waals surface area contributed by atoms with E-state index in [-0.39, 0.29) is 12.5 Å². The fourth-order valence-corrected chi connectivity index (χ4v) is 5.72. The highest BCUT2D eigenvalue weighted by Crippen LogP contribution is 2.43. The molecule has 2 unspecified atom stereocenters. The number of nitrogens with one attached hydrogen (secondary N) is 2. The van der Waals surface area contributed by atoms with Gasteiger partial charge in [-0.1, -0.05) is 19.1 Å². The van der Waals surface area contributed by atoms with Crippen molar-refractivity contribution >= 4 is 40.9 Å². The van der Waals surface area contributed by atoms with Crippen LogP contribution in [0.15, 0.2) is 39.9 Å². The zero-order valence-corrected chi connectivity index (χ0v) is 22.6. The van der Waals surface area contributed by atoms with E-state index in [1.54, 1.807) is 0 Å². The number of thioether (sulfide) groups is 1. The van der Waals surface area contributed by atoms with Gasteiger partial charge in [-0.2, -0.15) is 0 Å². The van der Waals surface area contributed by atoms with E-state index in [0.717, 1.165) is 49.8 Å². The molecule has 0 saturated carbocycles. The standard InChI is InChI=1S/C26H37N5O4S/c1-17-14-18-23(28-19-8-6-7-9-20(19)29-24(18)36-17)31-12-10-30(11-13-31)16-21(25(33)34-5)27-15-22(32)35-26(2,3)4/h6-9,17,21,27,29H,10-16H2,1-5H3. The molecule has 2 N–H and O–H groups in total. The summed E-state index contributed by atoms with van der Waals surface area (Å²) in [5.41, 5.74) is 2.70. The van der Waals surface area contributed by atoms with Gasteiger partial charge in [-0.05, 0) is 39.3 Å². The molecule has 0 aromatic heterocycles. The van der Waals surface area contributed by atoms with Gasteiger partial charge in [0.15, 0.2) is 0 Å². The first-order valence-electron chi connectivity index (χ1n) is 12.5. The summed E-state index contributed by atoms with van der Waals surface area (Å²) in [4.78, 5) is 34.2. The molecular formula is C26H37N5O4S. The third kappa shape index (κ3) is 6.60. The summed E-state index contributed by atoms with van der Waals surface area (Å²) in [5.74, 6) is 0.268. The lowest BCUT2D eigenvalue weighted by molar-refractivity contribution is -0.154. The van der Waals surface area contributed by atoms with Crippen molar-refractivity contribution in [3.63, 3.8) is 0 Å². The van der Waals surface area contributed by atoms with E-state index in [0.29, 0.717) is 11.8 Å².